The minimum atomic E-state index is -0.744. The van der Waals surface area contributed by atoms with Gasteiger partial charge in [0.1, 0.15) is 11.9 Å². The fourth-order valence-corrected chi connectivity index (χ4v) is 3.24. The van der Waals surface area contributed by atoms with E-state index in [9.17, 15) is 14.0 Å². The summed E-state index contributed by atoms with van der Waals surface area (Å²) in [6, 6.07) is 10.5. The third kappa shape index (κ3) is 2.86. The topological polar surface area (TPSA) is 46.6 Å². The molecule has 6 heteroatoms. The lowest BCUT2D eigenvalue weighted by atomic mass is 10.1. The molecule has 0 aliphatic carbocycles. The first-order valence-electron chi connectivity index (χ1n) is 6.96. The molecule has 0 bridgehead atoms. The van der Waals surface area contributed by atoms with Crippen LogP contribution in [0.4, 0.5) is 10.1 Å². The zero-order valence-electron chi connectivity index (χ0n) is 12.3. The first-order valence-corrected chi connectivity index (χ1v) is 7.76. The second-order valence-electron chi connectivity index (χ2n) is 5.21. The number of methoxy groups -OCH3 is 1. The van der Waals surface area contributed by atoms with Crippen molar-refractivity contribution in [3.8, 4) is 0 Å². The maximum absolute atomic E-state index is 13.6. The molecule has 0 saturated carbocycles. The average molecular weight is 378 g/mol. The highest BCUT2D eigenvalue weighted by Gasteiger charge is 2.39. The molecule has 1 amide bonds. The maximum Gasteiger partial charge on any atom is 0.329 e. The van der Waals surface area contributed by atoms with Gasteiger partial charge < -0.3 is 4.74 Å². The van der Waals surface area contributed by atoms with Crippen molar-refractivity contribution in [2.45, 2.75) is 12.5 Å². The molecule has 1 aliphatic heterocycles. The second-order valence-corrected chi connectivity index (χ2v) is 6.12. The number of ether oxygens (including phenoxy) is 1. The molecule has 0 aromatic heterocycles. The summed E-state index contributed by atoms with van der Waals surface area (Å²) in [5, 5.41) is 0. The fraction of sp³-hybridized carbons (Fsp3) is 0.176. The van der Waals surface area contributed by atoms with E-state index in [0.29, 0.717) is 16.6 Å². The minimum Gasteiger partial charge on any atom is -0.467 e. The number of hydrogen-bond donors (Lipinski definition) is 0. The Morgan fingerprint density at radius 1 is 1.26 bits per heavy atom. The lowest BCUT2D eigenvalue weighted by Crippen LogP contribution is -2.43. The Hall–Kier alpha value is -2.21. The van der Waals surface area contributed by atoms with E-state index in [4.69, 9.17) is 4.74 Å². The van der Waals surface area contributed by atoms with Gasteiger partial charge in [-0.1, -0.05) is 34.1 Å². The Bertz CT molecular complexity index is 773. The van der Waals surface area contributed by atoms with Gasteiger partial charge in [0.05, 0.1) is 7.11 Å². The summed E-state index contributed by atoms with van der Waals surface area (Å²) >= 11 is 3.18. The zero-order valence-corrected chi connectivity index (χ0v) is 13.8. The standard InChI is InChI=1S/C17H13BrFNO3/c1-23-17(22)15-8-10-4-2-3-5-14(10)20(15)16(21)11-6-12(18)9-13(19)7-11/h2-7,9,15H,8H2,1H3/t15-/m0/s1. The average Bonchev–Trinajstić information content (AvgIpc) is 2.91. The van der Waals surface area contributed by atoms with E-state index in [2.05, 4.69) is 15.9 Å². The summed E-state index contributed by atoms with van der Waals surface area (Å²) in [7, 11) is 1.28. The van der Waals surface area contributed by atoms with Crippen LogP contribution >= 0.6 is 15.9 Å². The number of fused-ring (bicyclic) bond motifs is 1. The minimum absolute atomic E-state index is 0.169. The van der Waals surface area contributed by atoms with Crippen LogP contribution in [0, 0.1) is 5.82 Å². The Labute approximate surface area is 141 Å². The molecule has 2 aromatic carbocycles. The molecule has 1 atom stereocenters. The Kier molecular flexibility index (Phi) is 4.17. The molecule has 0 unspecified atom stereocenters. The number of hydrogen-bond acceptors (Lipinski definition) is 3. The normalized spacial score (nSPS) is 16.1. The van der Waals surface area contributed by atoms with E-state index < -0.39 is 23.7 Å². The highest BCUT2D eigenvalue weighted by Crippen LogP contribution is 2.34. The van der Waals surface area contributed by atoms with Gasteiger partial charge in [-0.15, -0.1) is 0 Å². The van der Waals surface area contributed by atoms with Crippen LogP contribution < -0.4 is 4.90 Å². The van der Waals surface area contributed by atoms with Gasteiger partial charge in [0.15, 0.2) is 0 Å². The predicted octanol–water partition coefficient (Wildman–Crippen LogP) is 3.33. The van der Waals surface area contributed by atoms with Gasteiger partial charge in [-0.3, -0.25) is 9.69 Å². The SMILES string of the molecule is COC(=O)[C@@H]1Cc2ccccc2N1C(=O)c1cc(F)cc(Br)c1. The molecule has 3 rings (SSSR count). The smallest absolute Gasteiger partial charge is 0.329 e. The molecule has 23 heavy (non-hydrogen) atoms. The van der Waals surface area contributed by atoms with Crippen LogP contribution in [0.3, 0.4) is 0 Å². The van der Waals surface area contributed by atoms with Gasteiger partial charge in [0.25, 0.3) is 5.91 Å². The molecule has 4 nitrogen and oxygen atoms in total. The number of nitrogens with zero attached hydrogens (tertiary/aromatic N) is 1. The van der Waals surface area contributed by atoms with Gasteiger partial charge in [-0.05, 0) is 29.8 Å². The van der Waals surface area contributed by atoms with Gasteiger partial charge >= 0.3 is 5.97 Å². The van der Waals surface area contributed by atoms with Crippen LogP contribution in [0.15, 0.2) is 46.9 Å². The van der Waals surface area contributed by atoms with Crippen LogP contribution in [-0.2, 0) is 16.0 Å². The molecule has 1 heterocycles. The summed E-state index contributed by atoms with van der Waals surface area (Å²) in [6.45, 7) is 0. The third-order valence-corrected chi connectivity index (χ3v) is 4.24. The van der Waals surface area contributed by atoms with Crippen molar-refractivity contribution < 1.29 is 18.7 Å². The number of halogens is 2. The maximum atomic E-state index is 13.6. The molecule has 118 valence electrons. The summed E-state index contributed by atoms with van der Waals surface area (Å²) in [6.07, 6.45) is 0.380. The number of carbonyl (C=O) groups excluding carboxylic acids is 2. The van der Waals surface area contributed by atoms with E-state index in [1.54, 1.807) is 12.1 Å². The van der Waals surface area contributed by atoms with E-state index in [-0.39, 0.29) is 5.56 Å². The number of amides is 1. The number of carbonyl (C=O) groups is 2. The predicted molar refractivity (Wildman–Crippen MR) is 86.9 cm³/mol. The van der Waals surface area contributed by atoms with Crippen molar-refractivity contribution in [1.29, 1.82) is 0 Å². The summed E-state index contributed by atoms with van der Waals surface area (Å²) < 4.78 is 18.9. The van der Waals surface area contributed by atoms with Crippen molar-refractivity contribution in [2.75, 3.05) is 12.0 Å². The monoisotopic (exact) mass is 377 g/mol. The molecule has 1 aliphatic rings. The van der Waals surface area contributed by atoms with E-state index >= 15 is 0 Å². The molecule has 0 spiro atoms. The molecule has 2 aromatic rings. The Morgan fingerprint density at radius 2 is 2.00 bits per heavy atom. The number of rotatable bonds is 2. The van der Waals surface area contributed by atoms with Crippen LogP contribution in [-0.4, -0.2) is 25.0 Å². The van der Waals surface area contributed by atoms with E-state index in [1.165, 1.54) is 24.1 Å². The Morgan fingerprint density at radius 3 is 2.70 bits per heavy atom. The molecular formula is C17H13BrFNO3. The van der Waals surface area contributed by atoms with Crippen molar-refractivity contribution >= 4 is 33.5 Å². The Balaban J connectivity index is 2.06. The first kappa shape index (κ1) is 15.7. The number of esters is 1. The highest BCUT2D eigenvalue weighted by atomic mass is 79.9. The van der Waals surface area contributed by atoms with Gasteiger partial charge in [-0.25, -0.2) is 9.18 Å². The van der Waals surface area contributed by atoms with Crippen molar-refractivity contribution in [3.05, 3.63) is 63.9 Å². The van der Waals surface area contributed by atoms with Crippen LogP contribution in [0.5, 0.6) is 0 Å². The fourth-order valence-electron chi connectivity index (χ4n) is 2.78. The van der Waals surface area contributed by atoms with Crippen molar-refractivity contribution in [1.82, 2.24) is 0 Å². The summed E-state index contributed by atoms with van der Waals surface area (Å²) in [4.78, 5) is 26.3. The van der Waals surface area contributed by atoms with Gasteiger partial charge in [-0.2, -0.15) is 0 Å². The number of anilines is 1. The first-order chi connectivity index (χ1) is 11.0. The second kappa shape index (κ2) is 6.12. The van der Waals surface area contributed by atoms with Crippen LogP contribution in [0.2, 0.25) is 0 Å². The number of para-hydroxylation sites is 1. The highest BCUT2D eigenvalue weighted by molar-refractivity contribution is 9.10. The van der Waals surface area contributed by atoms with Crippen LogP contribution in [0.25, 0.3) is 0 Å². The quantitative estimate of drug-likeness (QED) is 0.754. The van der Waals surface area contributed by atoms with E-state index in [0.717, 1.165) is 11.6 Å². The lowest BCUT2D eigenvalue weighted by Gasteiger charge is -2.24. The van der Waals surface area contributed by atoms with Crippen LogP contribution in [0.1, 0.15) is 15.9 Å². The largest absolute Gasteiger partial charge is 0.467 e. The lowest BCUT2D eigenvalue weighted by molar-refractivity contribution is -0.141. The third-order valence-electron chi connectivity index (χ3n) is 3.78. The summed E-state index contributed by atoms with van der Waals surface area (Å²) in [5.41, 5.74) is 1.70. The molecular weight excluding hydrogens is 365 g/mol. The van der Waals surface area contributed by atoms with Crippen molar-refractivity contribution in [2.24, 2.45) is 0 Å². The number of benzene rings is 2. The molecule has 0 radical (unpaired) electrons. The molecule has 0 fully saturated rings. The van der Waals surface area contributed by atoms with Crippen molar-refractivity contribution in [3.63, 3.8) is 0 Å². The zero-order chi connectivity index (χ0) is 16.6. The van der Waals surface area contributed by atoms with E-state index in [1.807, 2.05) is 12.1 Å². The van der Waals surface area contributed by atoms with Gasteiger partial charge in [0.2, 0.25) is 0 Å². The molecule has 0 saturated heterocycles. The molecule has 0 N–H and O–H groups in total. The summed E-state index contributed by atoms with van der Waals surface area (Å²) in [5.74, 6) is -1.46. The van der Waals surface area contributed by atoms with Gasteiger partial charge in [0, 0.05) is 22.1 Å².